The number of rotatable bonds is 17. The second kappa shape index (κ2) is 16.9. The molecule has 0 spiro atoms. The number of hydrogen-bond acceptors (Lipinski definition) is 12. The Morgan fingerprint density at radius 2 is 1.39 bits per heavy atom. The summed E-state index contributed by atoms with van der Waals surface area (Å²) >= 11 is 0. The number of aromatic nitrogens is 3. The number of hydrogen-bond donors (Lipinski definition) is 1. The van der Waals surface area contributed by atoms with Crippen LogP contribution >= 0.6 is 0 Å². The number of methoxy groups -OCH3 is 1. The number of para-hydroxylation sites is 1. The summed E-state index contributed by atoms with van der Waals surface area (Å²) in [5.41, 5.74) is 2.64. The second-order valence-corrected chi connectivity index (χ2v) is 12.2. The van der Waals surface area contributed by atoms with E-state index >= 15 is 0 Å². The van der Waals surface area contributed by atoms with Gasteiger partial charge in [0.25, 0.3) is 0 Å². The summed E-state index contributed by atoms with van der Waals surface area (Å²) in [6, 6.07) is 27.5. The van der Waals surface area contributed by atoms with Gasteiger partial charge in [-0.2, -0.15) is 0 Å². The lowest BCUT2D eigenvalue weighted by Crippen LogP contribution is -2.11. The quantitative estimate of drug-likeness (QED) is 0.0790. The third-order valence-electron chi connectivity index (χ3n) is 8.43. The zero-order valence-electron chi connectivity index (χ0n) is 29.4. The molecule has 0 unspecified atom stereocenters. The molecule has 0 amide bonds. The molecule has 54 heavy (non-hydrogen) atoms. The zero-order chi connectivity index (χ0) is 37.3. The van der Waals surface area contributed by atoms with Crippen LogP contribution in [0.1, 0.15) is 12.1 Å². The molecule has 0 saturated heterocycles. The number of fused-ring (bicyclic) bond motifs is 2. The molecule has 0 atom stereocenters. The molecule has 13 heteroatoms. The van der Waals surface area contributed by atoms with Crippen LogP contribution in [0.4, 0.5) is 0 Å². The topological polar surface area (TPSA) is 158 Å². The minimum Gasteiger partial charge on any atom is -0.507 e. The van der Waals surface area contributed by atoms with Gasteiger partial charge in [-0.3, -0.25) is 9.59 Å². The first kappa shape index (κ1) is 35.9. The van der Waals surface area contributed by atoms with Crippen LogP contribution in [0.25, 0.3) is 44.6 Å². The molecular formula is C41H37N3O10. The molecule has 3 heterocycles. The fourth-order valence-corrected chi connectivity index (χ4v) is 5.76. The van der Waals surface area contributed by atoms with Crippen molar-refractivity contribution in [1.82, 2.24) is 15.0 Å². The minimum atomic E-state index is -0.367. The van der Waals surface area contributed by atoms with Crippen LogP contribution < -0.4 is 25.1 Å². The second-order valence-electron chi connectivity index (χ2n) is 12.2. The van der Waals surface area contributed by atoms with E-state index in [0.717, 1.165) is 17.7 Å². The van der Waals surface area contributed by atoms with Gasteiger partial charge in [-0.1, -0.05) is 17.3 Å². The fraction of sp³-hybridized carbons (Fsp3) is 0.220. The number of phenols is 1. The summed E-state index contributed by atoms with van der Waals surface area (Å²) in [6.07, 6.45) is 3.34. The number of nitrogens with zero attached hydrogens (tertiary/aromatic N) is 3. The Morgan fingerprint density at radius 1 is 0.704 bits per heavy atom. The highest BCUT2D eigenvalue weighted by Gasteiger charge is 2.14. The number of ether oxygens (including phenoxy) is 5. The van der Waals surface area contributed by atoms with Crippen molar-refractivity contribution < 1.29 is 37.6 Å². The molecule has 0 bridgehead atoms. The predicted molar refractivity (Wildman–Crippen MR) is 200 cm³/mol. The number of aryl methyl sites for hydroxylation is 1. The van der Waals surface area contributed by atoms with Crippen LogP contribution in [0.3, 0.4) is 0 Å². The Balaban J connectivity index is 0.801. The Kier molecular flexibility index (Phi) is 11.3. The zero-order valence-corrected chi connectivity index (χ0v) is 29.4. The lowest BCUT2D eigenvalue weighted by Gasteiger charge is -2.09. The molecule has 7 aromatic rings. The van der Waals surface area contributed by atoms with Crippen LogP contribution in [0.5, 0.6) is 23.0 Å². The minimum absolute atomic E-state index is 0.0116. The van der Waals surface area contributed by atoms with Gasteiger partial charge < -0.3 is 37.6 Å². The summed E-state index contributed by atoms with van der Waals surface area (Å²) in [5, 5.41) is 19.4. The molecule has 7 rings (SSSR count). The van der Waals surface area contributed by atoms with E-state index in [1.165, 1.54) is 25.3 Å². The first-order valence-corrected chi connectivity index (χ1v) is 17.3. The van der Waals surface area contributed by atoms with Crippen LogP contribution in [-0.4, -0.2) is 60.4 Å². The van der Waals surface area contributed by atoms with Gasteiger partial charge in [-0.05, 0) is 73.5 Å². The van der Waals surface area contributed by atoms with E-state index in [4.69, 9.17) is 32.5 Å². The molecule has 3 aromatic heterocycles. The molecule has 1 N–H and O–H groups in total. The molecular weight excluding hydrogens is 694 g/mol. The van der Waals surface area contributed by atoms with Crippen molar-refractivity contribution in [2.45, 2.75) is 19.4 Å². The predicted octanol–water partition coefficient (Wildman–Crippen LogP) is 6.62. The third kappa shape index (κ3) is 8.77. The van der Waals surface area contributed by atoms with Gasteiger partial charge in [0.05, 0.1) is 37.4 Å². The van der Waals surface area contributed by atoms with Crippen LogP contribution in [0.15, 0.2) is 122 Å². The largest absolute Gasteiger partial charge is 0.507 e. The Bertz CT molecular complexity index is 2450. The summed E-state index contributed by atoms with van der Waals surface area (Å²) < 4.78 is 41.3. The Hall–Kier alpha value is -6.44. The Labute approximate surface area is 308 Å². The summed E-state index contributed by atoms with van der Waals surface area (Å²) in [5.74, 6) is 2.31. The molecule has 0 saturated carbocycles. The molecule has 0 aliphatic carbocycles. The average molecular weight is 732 g/mol. The SMILES string of the molecule is COCOc1cc(O)c2c(=O)cc(-c3ccc(OCCCc4cn(CCOCCOc5ccc(-c6cc(=O)c7ccccc7o6)cc5)nn4)cc3)oc2c1. The Morgan fingerprint density at radius 3 is 2.13 bits per heavy atom. The van der Waals surface area contributed by atoms with Crippen LogP contribution in [-0.2, 0) is 22.4 Å². The summed E-state index contributed by atoms with van der Waals surface area (Å²) in [4.78, 5) is 25.2. The van der Waals surface area contributed by atoms with Crippen LogP contribution in [0, 0.1) is 0 Å². The van der Waals surface area contributed by atoms with E-state index in [1.807, 2.05) is 42.6 Å². The molecule has 4 aromatic carbocycles. The van der Waals surface area contributed by atoms with Crippen molar-refractivity contribution >= 4 is 21.9 Å². The van der Waals surface area contributed by atoms with Crippen molar-refractivity contribution in [3.63, 3.8) is 0 Å². The lowest BCUT2D eigenvalue weighted by molar-refractivity contribution is 0.0510. The first-order chi connectivity index (χ1) is 26.4. The molecule has 276 valence electrons. The van der Waals surface area contributed by atoms with E-state index in [9.17, 15) is 14.7 Å². The van der Waals surface area contributed by atoms with Gasteiger partial charge in [-0.25, -0.2) is 4.68 Å². The fourth-order valence-electron chi connectivity index (χ4n) is 5.76. The lowest BCUT2D eigenvalue weighted by atomic mass is 10.1. The van der Waals surface area contributed by atoms with Gasteiger partial charge >= 0.3 is 0 Å². The molecule has 0 aliphatic heterocycles. The van der Waals surface area contributed by atoms with Crippen molar-refractivity contribution in [3.8, 4) is 45.6 Å². The molecule has 13 nitrogen and oxygen atoms in total. The normalized spacial score (nSPS) is 11.3. The van der Waals surface area contributed by atoms with E-state index in [2.05, 4.69) is 10.3 Å². The van der Waals surface area contributed by atoms with E-state index in [1.54, 1.807) is 47.1 Å². The first-order valence-electron chi connectivity index (χ1n) is 17.3. The highest BCUT2D eigenvalue weighted by atomic mass is 16.7. The van der Waals surface area contributed by atoms with Gasteiger partial charge in [-0.15, -0.1) is 5.10 Å². The van der Waals surface area contributed by atoms with Gasteiger partial charge in [0, 0.05) is 48.7 Å². The maximum atomic E-state index is 12.7. The highest BCUT2D eigenvalue weighted by Crippen LogP contribution is 2.32. The maximum Gasteiger partial charge on any atom is 0.197 e. The molecule has 0 radical (unpaired) electrons. The van der Waals surface area contributed by atoms with Gasteiger partial charge in [0.1, 0.15) is 57.7 Å². The van der Waals surface area contributed by atoms with Crippen molar-refractivity contribution in [2.24, 2.45) is 0 Å². The maximum absolute atomic E-state index is 12.7. The van der Waals surface area contributed by atoms with Crippen molar-refractivity contribution in [2.75, 3.05) is 40.3 Å². The number of benzene rings is 4. The van der Waals surface area contributed by atoms with E-state index in [-0.39, 0.29) is 34.4 Å². The standard InChI is InChI=1S/C41H37N3O10/c1-48-26-52-32-21-35(46)41-36(47)24-39(54-40(41)22-32)28-8-12-30(13-9-28)50-17-4-5-29-25-44(43-42-29)16-18-49-19-20-51-31-14-10-27(11-15-31)38-23-34(45)33-6-2-3-7-37(33)53-38/h2-3,6-15,21-25,46H,4-5,16-20,26H2,1H3. The monoisotopic (exact) mass is 731 g/mol. The third-order valence-corrected chi connectivity index (χ3v) is 8.43. The van der Waals surface area contributed by atoms with E-state index < -0.39 is 0 Å². The molecule has 0 aliphatic rings. The highest BCUT2D eigenvalue weighted by molar-refractivity contribution is 5.86. The van der Waals surface area contributed by atoms with Crippen molar-refractivity contribution in [3.05, 3.63) is 129 Å². The smallest absolute Gasteiger partial charge is 0.197 e. The van der Waals surface area contributed by atoms with Crippen LogP contribution in [0.2, 0.25) is 0 Å². The summed E-state index contributed by atoms with van der Waals surface area (Å²) in [7, 11) is 1.49. The van der Waals surface area contributed by atoms with Gasteiger partial charge in [0.15, 0.2) is 17.7 Å². The average Bonchev–Trinajstić information content (AvgIpc) is 3.64. The number of aromatic hydroxyl groups is 1. The van der Waals surface area contributed by atoms with E-state index in [0.29, 0.717) is 84.7 Å². The molecule has 0 fully saturated rings. The summed E-state index contributed by atoms with van der Waals surface area (Å²) in [6.45, 7) is 2.28. The number of phenolic OH excluding ortho intramolecular Hbond substituents is 1. The van der Waals surface area contributed by atoms with Crippen molar-refractivity contribution in [1.29, 1.82) is 0 Å². The van der Waals surface area contributed by atoms with Gasteiger partial charge in [0.2, 0.25) is 0 Å².